The number of carbonyl (C=O) groups is 2. The average Bonchev–Trinajstić information content (AvgIpc) is 3.00. The van der Waals surface area contributed by atoms with E-state index in [2.05, 4.69) is 20.4 Å². The number of anilines is 1. The molecule has 27 heavy (non-hydrogen) atoms. The van der Waals surface area contributed by atoms with Crippen LogP contribution in [0, 0.1) is 26.7 Å². The number of rotatable bonds is 5. The minimum atomic E-state index is -0.412. The third-order valence-electron chi connectivity index (χ3n) is 4.54. The highest BCUT2D eigenvalue weighted by molar-refractivity contribution is 5.92. The first kappa shape index (κ1) is 19.0. The first-order chi connectivity index (χ1) is 12.9. The van der Waals surface area contributed by atoms with Crippen LogP contribution in [0.4, 0.5) is 5.82 Å². The van der Waals surface area contributed by atoms with Crippen LogP contribution in [0.15, 0.2) is 12.1 Å². The minimum Gasteiger partial charge on any atom is -0.455 e. The van der Waals surface area contributed by atoms with Crippen molar-refractivity contribution in [3.05, 3.63) is 29.2 Å². The highest BCUT2D eigenvalue weighted by Crippen LogP contribution is 2.24. The summed E-state index contributed by atoms with van der Waals surface area (Å²) in [7, 11) is 0. The molecule has 2 aromatic heterocycles. The van der Waals surface area contributed by atoms with Crippen LogP contribution in [0.2, 0.25) is 0 Å². The van der Waals surface area contributed by atoms with Gasteiger partial charge in [0.25, 0.3) is 11.9 Å². The molecule has 0 aliphatic heterocycles. The van der Waals surface area contributed by atoms with E-state index in [1.165, 1.54) is 4.68 Å². The van der Waals surface area contributed by atoms with Crippen LogP contribution < -0.4 is 5.32 Å². The van der Waals surface area contributed by atoms with Crippen molar-refractivity contribution in [1.29, 1.82) is 0 Å². The Morgan fingerprint density at radius 1 is 1.07 bits per heavy atom. The van der Waals surface area contributed by atoms with Gasteiger partial charge in [-0.3, -0.25) is 9.59 Å². The summed E-state index contributed by atoms with van der Waals surface area (Å²) < 4.78 is 6.68. The van der Waals surface area contributed by atoms with Crippen LogP contribution >= 0.6 is 0 Å². The standard InChI is InChI=1S/C19H25N5O3/c1-12-9-13(2)21-19(20-12)24-16(10-14(3)23-24)22-17(25)11-27-18(26)15-7-5-4-6-8-15/h9-10,15H,4-8,11H2,1-3H3,(H,22,25). The normalized spacial score (nSPS) is 14.8. The number of hydrogen-bond donors (Lipinski definition) is 1. The molecule has 0 unspecified atom stereocenters. The van der Waals surface area contributed by atoms with E-state index in [4.69, 9.17) is 4.74 Å². The summed E-state index contributed by atoms with van der Waals surface area (Å²) in [5, 5.41) is 7.09. The van der Waals surface area contributed by atoms with Gasteiger partial charge in [-0.1, -0.05) is 19.3 Å². The van der Waals surface area contributed by atoms with Gasteiger partial charge in [0, 0.05) is 17.5 Å². The number of hydrogen-bond acceptors (Lipinski definition) is 6. The van der Waals surface area contributed by atoms with E-state index in [0.29, 0.717) is 17.5 Å². The van der Waals surface area contributed by atoms with Crippen LogP contribution in [0.5, 0.6) is 0 Å². The fraction of sp³-hybridized carbons (Fsp3) is 0.526. The smallest absolute Gasteiger partial charge is 0.309 e. The maximum Gasteiger partial charge on any atom is 0.309 e. The largest absolute Gasteiger partial charge is 0.455 e. The van der Waals surface area contributed by atoms with Gasteiger partial charge in [0.15, 0.2) is 6.61 Å². The van der Waals surface area contributed by atoms with Gasteiger partial charge in [0.1, 0.15) is 5.82 Å². The van der Waals surface area contributed by atoms with E-state index < -0.39 is 5.91 Å². The van der Waals surface area contributed by atoms with Gasteiger partial charge in [-0.2, -0.15) is 9.78 Å². The van der Waals surface area contributed by atoms with Crippen LogP contribution in [-0.2, 0) is 14.3 Å². The molecular weight excluding hydrogens is 346 g/mol. The second-order valence-corrected chi connectivity index (χ2v) is 7.02. The van der Waals surface area contributed by atoms with Crippen LogP contribution in [0.1, 0.15) is 49.2 Å². The summed E-state index contributed by atoms with van der Waals surface area (Å²) in [6.07, 6.45) is 4.93. The molecule has 144 valence electrons. The predicted octanol–water partition coefficient (Wildman–Crippen LogP) is 2.65. The van der Waals surface area contributed by atoms with E-state index in [1.54, 1.807) is 6.07 Å². The molecule has 2 aromatic rings. The van der Waals surface area contributed by atoms with Gasteiger partial charge in [-0.25, -0.2) is 9.97 Å². The Kier molecular flexibility index (Phi) is 5.83. The average molecular weight is 371 g/mol. The lowest BCUT2D eigenvalue weighted by Gasteiger charge is -2.19. The fourth-order valence-corrected chi connectivity index (χ4v) is 3.31. The maximum absolute atomic E-state index is 12.3. The van der Waals surface area contributed by atoms with E-state index in [9.17, 15) is 9.59 Å². The minimum absolute atomic E-state index is 0.0806. The second kappa shape index (κ2) is 8.28. The number of amides is 1. The SMILES string of the molecule is Cc1cc(C)nc(-n2nc(C)cc2NC(=O)COC(=O)C2CCCCC2)n1. The number of aryl methyl sites for hydroxylation is 3. The molecule has 1 N–H and O–H groups in total. The van der Waals surface area contributed by atoms with Crippen molar-refractivity contribution in [3.63, 3.8) is 0 Å². The fourth-order valence-electron chi connectivity index (χ4n) is 3.31. The molecule has 3 rings (SSSR count). The van der Waals surface area contributed by atoms with Gasteiger partial charge < -0.3 is 10.1 Å². The van der Waals surface area contributed by atoms with Crippen molar-refractivity contribution < 1.29 is 14.3 Å². The second-order valence-electron chi connectivity index (χ2n) is 7.02. The molecule has 0 atom stereocenters. The van der Waals surface area contributed by atoms with E-state index in [-0.39, 0.29) is 18.5 Å². The maximum atomic E-state index is 12.3. The van der Waals surface area contributed by atoms with Gasteiger partial charge >= 0.3 is 5.97 Å². The zero-order valence-corrected chi connectivity index (χ0v) is 16.0. The zero-order valence-electron chi connectivity index (χ0n) is 16.0. The number of ether oxygens (including phenoxy) is 1. The molecule has 0 saturated heterocycles. The predicted molar refractivity (Wildman–Crippen MR) is 99.5 cm³/mol. The molecule has 0 radical (unpaired) electrons. The zero-order chi connectivity index (χ0) is 19.4. The third kappa shape index (κ3) is 4.90. The molecular formula is C19H25N5O3. The van der Waals surface area contributed by atoms with Crippen molar-refractivity contribution in [2.45, 2.75) is 52.9 Å². The number of carbonyl (C=O) groups excluding carboxylic acids is 2. The van der Waals surface area contributed by atoms with Crippen molar-refractivity contribution in [2.75, 3.05) is 11.9 Å². The van der Waals surface area contributed by atoms with Gasteiger partial charge in [-0.15, -0.1) is 0 Å². The van der Waals surface area contributed by atoms with Crippen LogP contribution in [0.3, 0.4) is 0 Å². The van der Waals surface area contributed by atoms with Gasteiger partial charge in [0.2, 0.25) is 0 Å². The number of nitrogens with one attached hydrogen (secondary N) is 1. The molecule has 2 heterocycles. The van der Waals surface area contributed by atoms with Crippen molar-refractivity contribution in [3.8, 4) is 5.95 Å². The Hall–Kier alpha value is -2.77. The molecule has 1 amide bonds. The Morgan fingerprint density at radius 2 is 1.74 bits per heavy atom. The van der Waals surface area contributed by atoms with E-state index in [0.717, 1.165) is 43.5 Å². The topological polar surface area (TPSA) is 99.0 Å². The Morgan fingerprint density at radius 3 is 2.41 bits per heavy atom. The monoisotopic (exact) mass is 371 g/mol. The van der Waals surface area contributed by atoms with Crippen LogP contribution in [0.25, 0.3) is 5.95 Å². The Balaban J connectivity index is 1.65. The quantitative estimate of drug-likeness (QED) is 0.811. The lowest BCUT2D eigenvalue weighted by Crippen LogP contribution is -2.26. The van der Waals surface area contributed by atoms with Crippen LogP contribution in [-0.4, -0.2) is 38.2 Å². The summed E-state index contributed by atoms with van der Waals surface area (Å²) in [4.78, 5) is 33.1. The van der Waals surface area contributed by atoms with Crippen molar-refractivity contribution in [2.24, 2.45) is 5.92 Å². The summed E-state index contributed by atoms with van der Waals surface area (Å²) in [6, 6.07) is 3.59. The highest BCUT2D eigenvalue weighted by Gasteiger charge is 2.23. The third-order valence-corrected chi connectivity index (χ3v) is 4.54. The van der Waals surface area contributed by atoms with E-state index >= 15 is 0 Å². The molecule has 8 heteroatoms. The van der Waals surface area contributed by atoms with Gasteiger partial charge in [-0.05, 0) is 39.7 Å². The molecule has 0 aromatic carbocycles. The first-order valence-corrected chi connectivity index (χ1v) is 9.28. The lowest BCUT2D eigenvalue weighted by atomic mass is 9.89. The number of nitrogens with zero attached hydrogens (tertiary/aromatic N) is 4. The molecule has 1 fully saturated rings. The van der Waals surface area contributed by atoms with Crippen molar-refractivity contribution >= 4 is 17.7 Å². The highest BCUT2D eigenvalue weighted by atomic mass is 16.5. The Bertz CT molecular complexity index is 820. The molecule has 8 nitrogen and oxygen atoms in total. The summed E-state index contributed by atoms with van der Waals surface area (Å²) in [6.45, 7) is 5.25. The van der Waals surface area contributed by atoms with Crippen molar-refractivity contribution in [1.82, 2.24) is 19.7 Å². The van der Waals surface area contributed by atoms with E-state index in [1.807, 2.05) is 26.8 Å². The first-order valence-electron chi connectivity index (χ1n) is 9.28. The molecule has 0 spiro atoms. The lowest BCUT2D eigenvalue weighted by molar-refractivity contribution is -0.152. The summed E-state index contributed by atoms with van der Waals surface area (Å²) in [5.41, 5.74) is 2.33. The summed E-state index contributed by atoms with van der Waals surface area (Å²) in [5.74, 6) is 0.0474. The number of aromatic nitrogens is 4. The molecule has 1 aliphatic rings. The molecule has 1 aliphatic carbocycles. The summed E-state index contributed by atoms with van der Waals surface area (Å²) >= 11 is 0. The van der Waals surface area contributed by atoms with Gasteiger partial charge in [0.05, 0.1) is 11.6 Å². The molecule has 0 bridgehead atoms. The molecule has 1 saturated carbocycles. The number of esters is 1. The Labute approximate surface area is 158 Å².